The second-order valence-electron chi connectivity index (χ2n) is 4.95. The summed E-state index contributed by atoms with van der Waals surface area (Å²) in [4.78, 5) is 22.5. The maximum atomic E-state index is 11.4. The van der Waals surface area contributed by atoms with Crippen LogP contribution in [0.2, 0.25) is 0 Å². The van der Waals surface area contributed by atoms with Gasteiger partial charge in [0.25, 0.3) is 5.91 Å². The van der Waals surface area contributed by atoms with Crippen LogP contribution in [-0.2, 0) is 11.4 Å². The van der Waals surface area contributed by atoms with E-state index in [9.17, 15) is 9.59 Å². The van der Waals surface area contributed by atoms with Crippen LogP contribution in [0.4, 0.5) is 4.79 Å². The third kappa shape index (κ3) is 3.98. The number of amides is 3. The number of carbonyl (C=O) groups excluding carboxylic acids is 2. The van der Waals surface area contributed by atoms with Crippen molar-refractivity contribution in [3.05, 3.63) is 69.8 Å². The van der Waals surface area contributed by atoms with Gasteiger partial charge in [-0.2, -0.15) is 0 Å². The van der Waals surface area contributed by atoms with Crippen LogP contribution in [0.5, 0.6) is 5.75 Å². The highest BCUT2D eigenvalue weighted by Gasteiger charge is 2.22. The molecule has 6 heteroatoms. The topological polar surface area (TPSA) is 67.4 Å². The molecule has 0 aliphatic carbocycles. The number of halogens is 1. The first-order valence-corrected chi connectivity index (χ1v) is 7.71. The quantitative estimate of drug-likeness (QED) is 0.639. The van der Waals surface area contributed by atoms with E-state index in [1.54, 1.807) is 6.08 Å². The second kappa shape index (κ2) is 6.66. The highest BCUT2D eigenvalue weighted by Crippen LogP contribution is 2.17. The van der Waals surface area contributed by atoms with Crippen LogP contribution in [0, 0.1) is 0 Å². The van der Waals surface area contributed by atoms with Gasteiger partial charge in [0.15, 0.2) is 0 Å². The van der Waals surface area contributed by atoms with Gasteiger partial charge < -0.3 is 10.1 Å². The summed E-state index contributed by atoms with van der Waals surface area (Å²) in [6.07, 6.45) is 1.61. The number of hydrogen-bond acceptors (Lipinski definition) is 3. The summed E-state index contributed by atoms with van der Waals surface area (Å²) in [6.45, 7) is 0.478. The number of nitrogens with one attached hydrogen (secondary N) is 2. The van der Waals surface area contributed by atoms with Crippen LogP contribution in [0.25, 0.3) is 6.08 Å². The van der Waals surface area contributed by atoms with Crippen molar-refractivity contribution in [2.45, 2.75) is 6.61 Å². The molecule has 0 unspecified atom stereocenters. The van der Waals surface area contributed by atoms with Crippen molar-refractivity contribution in [2.24, 2.45) is 0 Å². The molecular formula is C17H13BrN2O3. The van der Waals surface area contributed by atoms with Gasteiger partial charge in [0, 0.05) is 4.47 Å². The molecule has 5 nitrogen and oxygen atoms in total. The molecule has 0 spiro atoms. The van der Waals surface area contributed by atoms with Crippen molar-refractivity contribution in [3.8, 4) is 5.75 Å². The molecule has 1 heterocycles. The summed E-state index contributed by atoms with van der Waals surface area (Å²) in [5.41, 5.74) is 2.11. The molecular weight excluding hydrogens is 360 g/mol. The molecule has 1 aliphatic rings. The van der Waals surface area contributed by atoms with Crippen LogP contribution in [0.15, 0.2) is 58.7 Å². The summed E-state index contributed by atoms with van der Waals surface area (Å²) in [5.74, 6) is 0.306. The fourth-order valence-corrected chi connectivity index (χ4v) is 2.32. The molecule has 0 aromatic heterocycles. The van der Waals surface area contributed by atoms with E-state index in [-0.39, 0.29) is 5.70 Å². The normalized spacial score (nSPS) is 15.4. The molecule has 23 heavy (non-hydrogen) atoms. The van der Waals surface area contributed by atoms with Gasteiger partial charge in [-0.15, -0.1) is 0 Å². The average Bonchev–Trinajstić information content (AvgIpc) is 2.86. The molecule has 1 aliphatic heterocycles. The van der Waals surface area contributed by atoms with Gasteiger partial charge in [-0.3, -0.25) is 10.1 Å². The number of imide groups is 1. The van der Waals surface area contributed by atoms with Gasteiger partial charge in [0.1, 0.15) is 18.1 Å². The van der Waals surface area contributed by atoms with Gasteiger partial charge in [-0.05, 0) is 41.5 Å². The van der Waals surface area contributed by atoms with E-state index < -0.39 is 11.9 Å². The van der Waals surface area contributed by atoms with Crippen molar-refractivity contribution >= 4 is 33.9 Å². The predicted octanol–water partition coefficient (Wildman–Crippen LogP) is 3.21. The Kier molecular flexibility index (Phi) is 4.43. The van der Waals surface area contributed by atoms with Gasteiger partial charge in [0.05, 0.1) is 0 Å². The number of benzene rings is 2. The van der Waals surface area contributed by atoms with Crippen LogP contribution in [0.1, 0.15) is 11.1 Å². The Labute approximate surface area is 141 Å². The summed E-state index contributed by atoms with van der Waals surface area (Å²) in [7, 11) is 0. The van der Waals surface area contributed by atoms with Crippen molar-refractivity contribution in [1.29, 1.82) is 0 Å². The van der Waals surface area contributed by atoms with E-state index in [4.69, 9.17) is 4.74 Å². The lowest BCUT2D eigenvalue weighted by Gasteiger charge is -2.07. The maximum Gasteiger partial charge on any atom is 0.326 e. The largest absolute Gasteiger partial charge is 0.489 e. The zero-order valence-corrected chi connectivity index (χ0v) is 13.6. The Morgan fingerprint density at radius 3 is 2.26 bits per heavy atom. The summed E-state index contributed by atoms with van der Waals surface area (Å²) >= 11 is 3.39. The standard InChI is InChI=1S/C17H13BrN2O3/c18-13-5-1-12(2-6-13)10-23-14-7-3-11(4-8-14)9-15-16(21)20-17(22)19-15/h1-9H,10H2,(H2,19,20,21,22)/b15-9+. The maximum absolute atomic E-state index is 11.4. The van der Waals surface area contributed by atoms with Crippen LogP contribution >= 0.6 is 15.9 Å². The number of rotatable bonds is 4. The molecule has 0 radical (unpaired) electrons. The molecule has 3 rings (SSSR count). The molecule has 2 aromatic carbocycles. The Morgan fingerprint density at radius 1 is 0.957 bits per heavy atom. The first-order chi connectivity index (χ1) is 11.1. The van der Waals surface area contributed by atoms with Crippen LogP contribution in [-0.4, -0.2) is 11.9 Å². The van der Waals surface area contributed by atoms with Gasteiger partial charge in [-0.25, -0.2) is 4.79 Å². The monoisotopic (exact) mass is 372 g/mol. The smallest absolute Gasteiger partial charge is 0.326 e. The average molecular weight is 373 g/mol. The van der Waals surface area contributed by atoms with Crippen LogP contribution in [0.3, 0.4) is 0 Å². The zero-order valence-electron chi connectivity index (χ0n) is 12.0. The Balaban J connectivity index is 1.63. The Bertz CT molecular complexity index is 767. The molecule has 2 aromatic rings. The molecule has 0 atom stereocenters. The minimum atomic E-state index is -0.504. The minimum Gasteiger partial charge on any atom is -0.489 e. The minimum absolute atomic E-state index is 0.235. The van der Waals surface area contributed by atoms with Crippen molar-refractivity contribution < 1.29 is 14.3 Å². The predicted molar refractivity (Wildman–Crippen MR) is 89.6 cm³/mol. The lowest BCUT2D eigenvalue weighted by Crippen LogP contribution is -2.22. The molecule has 0 saturated carbocycles. The summed E-state index contributed by atoms with van der Waals surface area (Å²) in [6, 6.07) is 14.7. The van der Waals surface area contributed by atoms with E-state index in [0.29, 0.717) is 6.61 Å². The molecule has 116 valence electrons. The van der Waals surface area contributed by atoms with Gasteiger partial charge >= 0.3 is 6.03 Å². The van der Waals surface area contributed by atoms with Crippen molar-refractivity contribution in [3.63, 3.8) is 0 Å². The molecule has 2 N–H and O–H groups in total. The molecule has 0 bridgehead atoms. The lowest BCUT2D eigenvalue weighted by molar-refractivity contribution is -0.115. The molecule has 1 fully saturated rings. The first-order valence-electron chi connectivity index (χ1n) is 6.91. The molecule has 1 saturated heterocycles. The van der Waals surface area contributed by atoms with E-state index >= 15 is 0 Å². The van der Waals surface area contributed by atoms with E-state index in [0.717, 1.165) is 21.3 Å². The third-order valence-electron chi connectivity index (χ3n) is 3.23. The Morgan fingerprint density at radius 2 is 1.65 bits per heavy atom. The molecule has 3 amide bonds. The van der Waals surface area contributed by atoms with Crippen LogP contribution < -0.4 is 15.4 Å². The highest BCUT2D eigenvalue weighted by molar-refractivity contribution is 9.10. The second-order valence-corrected chi connectivity index (χ2v) is 5.87. The number of carbonyl (C=O) groups is 2. The number of urea groups is 1. The summed E-state index contributed by atoms with van der Waals surface area (Å²) < 4.78 is 6.74. The van der Waals surface area contributed by atoms with Crippen molar-refractivity contribution in [1.82, 2.24) is 10.6 Å². The van der Waals surface area contributed by atoms with Gasteiger partial charge in [-0.1, -0.05) is 40.2 Å². The van der Waals surface area contributed by atoms with E-state index in [2.05, 4.69) is 26.6 Å². The van der Waals surface area contributed by atoms with Gasteiger partial charge in [0.2, 0.25) is 0 Å². The Hall–Kier alpha value is -2.60. The zero-order chi connectivity index (χ0) is 16.2. The fourth-order valence-electron chi connectivity index (χ4n) is 2.06. The number of hydrogen-bond donors (Lipinski definition) is 2. The summed E-state index contributed by atoms with van der Waals surface area (Å²) in [5, 5.41) is 4.60. The SMILES string of the molecule is O=C1NC(=O)/C(=C\c2ccc(OCc3ccc(Br)cc3)cc2)N1. The third-order valence-corrected chi connectivity index (χ3v) is 3.76. The number of ether oxygens (including phenoxy) is 1. The van der Waals surface area contributed by atoms with E-state index in [1.807, 2.05) is 48.5 Å². The highest BCUT2D eigenvalue weighted by atomic mass is 79.9. The van der Waals surface area contributed by atoms with E-state index in [1.165, 1.54) is 0 Å². The first kappa shape index (κ1) is 15.3. The fraction of sp³-hybridized carbons (Fsp3) is 0.0588. The lowest BCUT2D eigenvalue weighted by atomic mass is 10.2. The van der Waals surface area contributed by atoms with Crippen molar-refractivity contribution in [2.75, 3.05) is 0 Å².